The van der Waals surface area contributed by atoms with Crippen LogP contribution in [0.1, 0.15) is 12.0 Å². The molecule has 0 saturated carbocycles. The lowest BCUT2D eigenvalue weighted by Gasteiger charge is -2.05. The fourth-order valence-electron chi connectivity index (χ4n) is 0.787. The number of hydrogen-bond acceptors (Lipinski definition) is 2. The smallest absolute Gasteiger partial charge is 0.263 e. The van der Waals surface area contributed by atoms with Crippen molar-refractivity contribution in [2.45, 2.75) is 6.43 Å². The standard InChI is InChI=1S/C7H7ClF2N2/c8-4-1-3(7(9)10)2-5(11)6(4)12/h1-2,7H,11-12H2. The molecule has 0 aliphatic rings. The first-order valence-corrected chi connectivity index (χ1v) is 3.52. The predicted molar refractivity (Wildman–Crippen MR) is 45.2 cm³/mol. The average molecular weight is 193 g/mol. The van der Waals surface area contributed by atoms with Gasteiger partial charge in [0.25, 0.3) is 6.43 Å². The van der Waals surface area contributed by atoms with E-state index in [1.54, 1.807) is 0 Å². The first-order chi connectivity index (χ1) is 5.52. The largest absolute Gasteiger partial charge is 0.397 e. The van der Waals surface area contributed by atoms with E-state index in [1.807, 2.05) is 0 Å². The molecule has 1 aromatic rings. The van der Waals surface area contributed by atoms with Gasteiger partial charge >= 0.3 is 0 Å². The molecule has 0 radical (unpaired) electrons. The zero-order valence-corrected chi connectivity index (χ0v) is 6.78. The van der Waals surface area contributed by atoms with Crippen molar-refractivity contribution in [3.63, 3.8) is 0 Å². The summed E-state index contributed by atoms with van der Waals surface area (Å²) in [5.74, 6) is 0. The van der Waals surface area contributed by atoms with Gasteiger partial charge in [0.05, 0.1) is 16.4 Å². The molecule has 0 aromatic heterocycles. The van der Waals surface area contributed by atoms with Crippen LogP contribution in [0.4, 0.5) is 20.2 Å². The van der Waals surface area contributed by atoms with Crippen LogP contribution in [-0.4, -0.2) is 0 Å². The Bertz CT molecular complexity index is 278. The fourth-order valence-corrected chi connectivity index (χ4v) is 1.02. The molecule has 0 bridgehead atoms. The molecule has 0 aliphatic heterocycles. The lowest BCUT2D eigenvalue weighted by Crippen LogP contribution is -1.97. The van der Waals surface area contributed by atoms with E-state index in [-0.39, 0.29) is 22.0 Å². The SMILES string of the molecule is Nc1cc(C(F)F)cc(Cl)c1N. The lowest BCUT2D eigenvalue weighted by atomic mass is 10.2. The summed E-state index contributed by atoms with van der Waals surface area (Å²) < 4.78 is 24.2. The third kappa shape index (κ3) is 1.58. The van der Waals surface area contributed by atoms with Crippen LogP contribution in [-0.2, 0) is 0 Å². The third-order valence-electron chi connectivity index (χ3n) is 1.44. The quantitative estimate of drug-likeness (QED) is 0.672. The molecule has 5 heteroatoms. The zero-order chi connectivity index (χ0) is 9.30. The number of alkyl halides is 2. The van der Waals surface area contributed by atoms with Gasteiger partial charge in [-0.25, -0.2) is 8.78 Å². The Morgan fingerprint density at radius 1 is 1.25 bits per heavy atom. The van der Waals surface area contributed by atoms with Gasteiger partial charge in [-0.1, -0.05) is 11.6 Å². The van der Waals surface area contributed by atoms with Crippen LogP contribution >= 0.6 is 11.6 Å². The second-order valence-electron chi connectivity index (χ2n) is 2.31. The molecule has 4 N–H and O–H groups in total. The highest BCUT2D eigenvalue weighted by Gasteiger charge is 2.11. The minimum absolute atomic E-state index is 0.0605. The Kier molecular flexibility index (Phi) is 2.38. The Morgan fingerprint density at radius 2 is 1.83 bits per heavy atom. The molecule has 0 amide bonds. The highest BCUT2D eigenvalue weighted by atomic mass is 35.5. The van der Waals surface area contributed by atoms with E-state index < -0.39 is 6.43 Å². The molecular weight excluding hydrogens is 186 g/mol. The maximum absolute atomic E-state index is 12.1. The van der Waals surface area contributed by atoms with Crippen molar-refractivity contribution in [3.8, 4) is 0 Å². The van der Waals surface area contributed by atoms with E-state index in [1.165, 1.54) is 0 Å². The molecule has 0 unspecified atom stereocenters. The normalized spacial score (nSPS) is 10.7. The van der Waals surface area contributed by atoms with Crippen molar-refractivity contribution in [1.82, 2.24) is 0 Å². The summed E-state index contributed by atoms with van der Waals surface area (Å²) >= 11 is 5.52. The van der Waals surface area contributed by atoms with E-state index in [4.69, 9.17) is 23.1 Å². The summed E-state index contributed by atoms with van der Waals surface area (Å²) in [5.41, 5.74) is 10.7. The molecule has 0 spiro atoms. The highest BCUT2D eigenvalue weighted by Crippen LogP contribution is 2.31. The second kappa shape index (κ2) is 3.15. The third-order valence-corrected chi connectivity index (χ3v) is 1.75. The van der Waals surface area contributed by atoms with Gasteiger partial charge < -0.3 is 11.5 Å². The van der Waals surface area contributed by atoms with E-state index in [9.17, 15) is 8.78 Å². The van der Waals surface area contributed by atoms with Gasteiger partial charge in [0.2, 0.25) is 0 Å². The number of benzene rings is 1. The van der Waals surface area contributed by atoms with Gasteiger partial charge in [0.15, 0.2) is 0 Å². The van der Waals surface area contributed by atoms with Crippen LogP contribution < -0.4 is 11.5 Å². The number of hydrogen-bond donors (Lipinski definition) is 2. The fraction of sp³-hybridized carbons (Fsp3) is 0.143. The predicted octanol–water partition coefficient (Wildman–Crippen LogP) is 2.44. The lowest BCUT2D eigenvalue weighted by molar-refractivity contribution is 0.151. The van der Waals surface area contributed by atoms with Crippen molar-refractivity contribution in [2.75, 3.05) is 11.5 Å². The minimum Gasteiger partial charge on any atom is -0.397 e. The number of nitrogens with two attached hydrogens (primary N) is 2. The molecule has 2 nitrogen and oxygen atoms in total. The summed E-state index contributed by atoms with van der Waals surface area (Å²) in [6.45, 7) is 0. The van der Waals surface area contributed by atoms with E-state index >= 15 is 0 Å². The van der Waals surface area contributed by atoms with Gasteiger partial charge in [-0.3, -0.25) is 0 Å². The first-order valence-electron chi connectivity index (χ1n) is 3.15. The van der Waals surface area contributed by atoms with Crippen molar-refractivity contribution in [1.29, 1.82) is 0 Å². The van der Waals surface area contributed by atoms with Crippen molar-refractivity contribution in [3.05, 3.63) is 22.7 Å². The number of rotatable bonds is 1. The summed E-state index contributed by atoms with van der Waals surface area (Å²) in [7, 11) is 0. The van der Waals surface area contributed by atoms with E-state index in [0.29, 0.717) is 0 Å². The molecule has 12 heavy (non-hydrogen) atoms. The van der Waals surface area contributed by atoms with Crippen LogP contribution in [0.3, 0.4) is 0 Å². The molecule has 1 aromatic carbocycles. The van der Waals surface area contributed by atoms with Gasteiger partial charge in [-0.2, -0.15) is 0 Å². The Morgan fingerprint density at radius 3 is 2.25 bits per heavy atom. The molecule has 0 saturated heterocycles. The van der Waals surface area contributed by atoms with Crippen molar-refractivity contribution >= 4 is 23.0 Å². The summed E-state index contributed by atoms with van der Waals surface area (Å²) in [5, 5.41) is 0.0605. The minimum atomic E-state index is -2.58. The monoisotopic (exact) mass is 192 g/mol. The van der Waals surface area contributed by atoms with Crippen LogP contribution in [0.25, 0.3) is 0 Å². The molecular formula is C7H7ClF2N2. The number of nitrogen functional groups attached to an aromatic ring is 2. The maximum Gasteiger partial charge on any atom is 0.263 e. The summed E-state index contributed by atoms with van der Waals surface area (Å²) in [4.78, 5) is 0. The maximum atomic E-state index is 12.1. The van der Waals surface area contributed by atoms with Gasteiger partial charge in [0, 0.05) is 5.56 Å². The molecule has 1 rings (SSSR count). The van der Waals surface area contributed by atoms with Crippen LogP contribution in [0, 0.1) is 0 Å². The van der Waals surface area contributed by atoms with E-state index in [0.717, 1.165) is 12.1 Å². The van der Waals surface area contributed by atoms with Crippen molar-refractivity contribution < 1.29 is 8.78 Å². The summed E-state index contributed by atoms with van der Waals surface area (Å²) in [6.07, 6.45) is -2.58. The molecule has 0 fully saturated rings. The van der Waals surface area contributed by atoms with Crippen molar-refractivity contribution in [2.24, 2.45) is 0 Å². The zero-order valence-electron chi connectivity index (χ0n) is 6.02. The highest BCUT2D eigenvalue weighted by molar-refractivity contribution is 6.33. The second-order valence-corrected chi connectivity index (χ2v) is 2.71. The Balaban J connectivity index is 3.21. The first kappa shape index (κ1) is 9.06. The number of halogens is 3. The Hall–Kier alpha value is -1.03. The van der Waals surface area contributed by atoms with Crippen LogP contribution in [0.2, 0.25) is 5.02 Å². The summed E-state index contributed by atoms with van der Waals surface area (Å²) in [6, 6.07) is 2.23. The van der Waals surface area contributed by atoms with Crippen LogP contribution in [0.5, 0.6) is 0 Å². The molecule has 0 atom stereocenters. The topological polar surface area (TPSA) is 52.0 Å². The average Bonchev–Trinajstić information content (AvgIpc) is 1.99. The molecule has 0 heterocycles. The van der Waals surface area contributed by atoms with E-state index in [2.05, 4.69) is 0 Å². The molecule has 0 aliphatic carbocycles. The van der Waals surface area contributed by atoms with Gasteiger partial charge in [0.1, 0.15) is 0 Å². The van der Waals surface area contributed by atoms with Gasteiger partial charge in [-0.05, 0) is 12.1 Å². The van der Waals surface area contributed by atoms with Gasteiger partial charge in [-0.15, -0.1) is 0 Å². The number of anilines is 2. The van der Waals surface area contributed by atoms with Crippen LogP contribution in [0.15, 0.2) is 12.1 Å². The Labute approximate surface area is 73.1 Å². The molecule has 66 valence electrons.